The smallest absolute Gasteiger partial charge is 0.454 e. The summed E-state index contributed by atoms with van der Waals surface area (Å²) in [6.45, 7) is 6.66. The van der Waals surface area contributed by atoms with E-state index in [0.29, 0.717) is 85.7 Å². The van der Waals surface area contributed by atoms with Crippen molar-refractivity contribution in [1.29, 1.82) is 0 Å². The molecular weight excluding hydrogens is 1350 g/mol. The fraction of sp³-hybridized carbons (Fsp3) is 0.212. The molecule has 0 spiro atoms. The highest BCUT2D eigenvalue weighted by molar-refractivity contribution is 6.41. The molecule has 3 aliphatic carbocycles. The van der Waals surface area contributed by atoms with Gasteiger partial charge in [-0.25, -0.2) is 13.8 Å². The summed E-state index contributed by atoms with van der Waals surface area (Å²) < 4.78 is 90.6. The number of pyridine rings is 2. The summed E-state index contributed by atoms with van der Waals surface area (Å²) >= 11 is 0. The van der Waals surface area contributed by atoms with E-state index in [1.807, 2.05) is 69.3 Å². The summed E-state index contributed by atoms with van der Waals surface area (Å²) in [4.78, 5) is 46.5. The molecule has 7 N–H and O–H groups in total. The van der Waals surface area contributed by atoms with Crippen LogP contribution in [0.4, 0.5) is 13.2 Å². The Morgan fingerprint density at radius 2 is 0.933 bits per heavy atom. The summed E-state index contributed by atoms with van der Waals surface area (Å²) in [5.74, 6) is 1.21. The number of aromatic nitrogens is 2. The van der Waals surface area contributed by atoms with E-state index in [1.165, 1.54) is 66.9 Å². The van der Waals surface area contributed by atoms with Crippen molar-refractivity contribution < 1.29 is 89.8 Å². The fourth-order valence-corrected chi connectivity index (χ4v) is 12.2. The summed E-state index contributed by atoms with van der Waals surface area (Å²) in [6, 6.07) is 35.8. The molecule has 0 fully saturated rings. The molecular formula is C80H77BF3N5O16. The number of fused-ring (bicyclic) bond motifs is 3. The molecule has 3 amide bonds. The van der Waals surface area contributed by atoms with Gasteiger partial charge in [-0.1, -0.05) is 36.4 Å². The van der Waals surface area contributed by atoms with Gasteiger partial charge in [0.25, 0.3) is 0 Å². The second kappa shape index (κ2) is 34.6. The third kappa shape index (κ3) is 18.2. The number of carbonyl (C=O) groups is 3. The van der Waals surface area contributed by atoms with Crippen LogP contribution in [0.15, 0.2) is 172 Å². The number of aromatic hydroxyl groups is 2. The van der Waals surface area contributed by atoms with Crippen molar-refractivity contribution in [2.75, 3.05) is 49.3 Å². The van der Waals surface area contributed by atoms with Crippen LogP contribution < -0.4 is 49.1 Å². The summed E-state index contributed by atoms with van der Waals surface area (Å²) in [7, 11) is 7.33. The summed E-state index contributed by atoms with van der Waals surface area (Å²) in [5, 5.41) is 47.2. The number of phenols is 2. The Balaban J connectivity index is 0.000000170. The molecule has 0 radical (unpaired) electrons. The van der Waals surface area contributed by atoms with Crippen molar-refractivity contribution in [3.63, 3.8) is 0 Å². The molecule has 0 saturated carbocycles. The molecule has 105 heavy (non-hydrogen) atoms. The van der Waals surface area contributed by atoms with Crippen LogP contribution in [0.25, 0.3) is 51.7 Å². The molecule has 0 bridgehead atoms. The van der Waals surface area contributed by atoms with Crippen molar-refractivity contribution in [2.45, 2.75) is 66.0 Å². The second-order valence-electron chi connectivity index (χ2n) is 24.2. The first-order valence-corrected chi connectivity index (χ1v) is 33.1. The first-order valence-electron chi connectivity index (χ1n) is 33.1. The molecule has 25 heteroatoms. The highest BCUT2D eigenvalue weighted by atomic mass is 19.1. The molecule has 3 aliphatic rings. The normalized spacial score (nSPS) is 13.7. The highest BCUT2D eigenvalue weighted by Gasteiger charge is 2.31. The van der Waals surface area contributed by atoms with Crippen LogP contribution in [0.2, 0.25) is 6.32 Å². The largest absolute Gasteiger partial charge is 0.502 e. The monoisotopic (exact) mass is 1430 g/mol. The Bertz CT molecular complexity index is 4620. The minimum atomic E-state index is -1.48. The lowest BCUT2D eigenvalue weighted by atomic mass is 9.87. The maximum absolute atomic E-state index is 14.3. The quantitative estimate of drug-likeness (QED) is 0.0207. The van der Waals surface area contributed by atoms with E-state index < -0.39 is 18.9 Å². The van der Waals surface area contributed by atoms with Gasteiger partial charge in [-0.05, 0) is 208 Å². The van der Waals surface area contributed by atoms with Gasteiger partial charge in [-0.2, -0.15) is 4.39 Å². The van der Waals surface area contributed by atoms with Gasteiger partial charge in [0.1, 0.15) is 23.2 Å². The molecule has 21 nitrogen and oxygen atoms in total. The van der Waals surface area contributed by atoms with E-state index in [4.69, 9.17) is 52.0 Å². The number of nitrogens with one attached hydrogen (secondary N) is 3. The van der Waals surface area contributed by atoms with E-state index in [0.717, 1.165) is 61.9 Å². The molecule has 9 aromatic rings. The van der Waals surface area contributed by atoms with Gasteiger partial charge in [-0.3, -0.25) is 19.4 Å². The zero-order chi connectivity index (χ0) is 75.0. The third-order valence-electron chi connectivity index (χ3n) is 17.5. The summed E-state index contributed by atoms with van der Waals surface area (Å²) in [6.07, 6.45) is 10.1. The standard InChI is InChI=1S/C30H31BFNO6.2C25H23FN2O5/c1-19-24(13-21-14-27(37-2)30(28(15-21)38-3)39-12-11-31(35)36)23-10-9-22(32)16-26(23)25(19)17-29(34)33-18-20-7-5-4-6-8-20;1-14-18(9-15-10-20(31-2)25(30)21(11-15)32-3)17-6-7-22(26)28-24(17)19(14)12-23(29)27-13-16-5-4-8-33-16;1-14-18(11-23(29)27-13-17-5-4-6-33-17)20-10-16(26)12-28-24(20)19(14)7-15-8-21(31-2)25(30)22(9-15)32-3/h4-10,13-16,35-36H,11-12,17-18H2,1-3H3,(H,33,34);4-11,30H,12-13H2,1-3H3,(H,27,29);4-10,12,30H,11,13H2,1-3H3,(H,27,29)/b24-13-;18-9-;19-7-. The van der Waals surface area contributed by atoms with Gasteiger partial charge < -0.3 is 78.2 Å². The summed E-state index contributed by atoms with van der Waals surface area (Å²) in [5.41, 5.74) is 14.0. The van der Waals surface area contributed by atoms with Crippen LogP contribution in [-0.4, -0.2) is 104 Å². The predicted octanol–water partition coefficient (Wildman–Crippen LogP) is 13.9. The number of amides is 3. The number of furan rings is 2. The van der Waals surface area contributed by atoms with Crippen LogP contribution in [0.5, 0.6) is 51.7 Å². The molecule has 0 atom stereocenters. The van der Waals surface area contributed by atoms with Crippen LogP contribution in [-0.2, 0) is 34.0 Å². The number of nitrogens with zero attached hydrogens (tertiary/aromatic N) is 2. The molecule has 5 aromatic carbocycles. The molecule has 4 heterocycles. The third-order valence-corrected chi connectivity index (χ3v) is 17.5. The van der Waals surface area contributed by atoms with E-state index in [-0.39, 0.29) is 103 Å². The topological polar surface area (TPSA) is 285 Å². The van der Waals surface area contributed by atoms with Gasteiger partial charge in [0.2, 0.25) is 40.9 Å². The molecule has 542 valence electrons. The Morgan fingerprint density at radius 1 is 0.486 bits per heavy atom. The minimum absolute atomic E-state index is 0.0249. The number of allylic oxidation sites excluding steroid dienone is 6. The van der Waals surface area contributed by atoms with E-state index in [2.05, 4.69) is 25.9 Å². The van der Waals surface area contributed by atoms with Crippen LogP contribution >= 0.6 is 0 Å². The fourth-order valence-electron chi connectivity index (χ4n) is 12.2. The number of benzene rings is 5. The highest BCUT2D eigenvalue weighted by Crippen LogP contribution is 2.49. The maximum Gasteiger partial charge on any atom is 0.454 e. The van der Waals surface area contributed by atoms with Gasteiger partial charge in [0.05, 0.1) is 112 Å². The van der Waals surface area contributed by atoms with Gasteiger partial charge >= 0.3 is 7.12 Å². The molecule has 4 aromatic heterocycles. The van der Waals surface area contributed by atoms with E-state index >= 15 is 0 Å². The number of methoxy groups -OCH3 is 6. The Morgan fingerprint density at radius 3 is 1.44 bits per heavy atom. The number of hydrogen-bond donors (Lipinski definition) is 7. The van der Waals surface area contributed by atoms with Crippen LogP contribution in [0, 0.1) is 17.6 Å². The number of carbonyl (C=O) groups excluding carboxylic acids is 3. The lowest BCUT2D eigenvalue weighted by molar-refractivity contribution is -0.121. The number of hydrogen-bond acceptors (Lipinski definition) is 18. The lowest BCUT2D eigenvalue weighted by Gasteiger charge is -2.16. The average Bonchev–Trinajstić information content (AvgIpc) is 1.65. The van der Waals surface area contributed by atoms with Crippen LogP contribution in [0.3, 0.4) is 0 Å². The van der Waals surface area contributed by atoms with E-state index in [9.17, 15) is 37.8 Å². The number of rotatable bonds is 25. The molecule has 0 unspecified atom stereocenters. The van der Waals surface area contributed by atoms with Crippen molar-refractivity contribution in [1.82, 2.24) is 25.9 Å². The average molecular weight is 1430 g/mol. The number of ether oxygens (including phenoxy) is 7. The predicted molar refractivity (Wildman–Crippen MR) is 392 cm³/mol. The zero-order valence-corrected chi connectivity index (χ0v) is 59.0. The second-order valence-corrected chi connectivity index (χ2v) is 24.2. The van der Waals surface area contributed by atoms with Crippen molar-refractivity contribution in [3.8, 4) is 51.7 Å². The molecule has 0 saturated heterocycles. The first kappa shape index (κ1) is 75.4. The van der Waals surface area contributed by atoms with Crippen LogP contribution in [0.1, 0.15) is 107 Å². The molecule has 0 aliphatic heterocycles. The van der Waals surface area contributed by atoms with Crippen molar-refractivity contribution in [3.05, 3.63) is 248 Å². The lowest BCUT2D eigenvalue weighted by Crippen LogP contribution is -2.22. The Labute approximate surface area is 604 Å². The maximum atomic E-state index is 14.3. The van der Waals surface area contributed by atoms with Gasteiger partial charge in [0, 0.05) is 29.6 Å². The van der Waals surface area contributed by atoms with Crippen molar-refractivity contribution in [2.24, 2.45) is 0 Å². The number of phenolic OH excluding ortho intramolecular Hbond substituents is 2. The minimum Gasteiger partial charge on any atom is -0.502 e. The number of halogens is 3. The van der Waals surface area contributed by atoms with Crippen molar-refractivity contribution >= 4 is 76.5 Å². The Kier molecular flexibility index (Phi) is 24.9. The van der Waals surface area contributed by atoms with Gasteiger partial charge in [-0.15, -0.1) is 0 Å². The molecule has 12 rings (SSSR count). The Hall–Kier alpha value is -12.2. The first-order chi connectivity index (χ1) is 50.6. The SMILES string of the molecule is COc1cc(/C=C2/C(C)=C(CC(=O)NCc3ccccc3)c3cc(F)ccc32)cc(OC)c1OCCB(O)O.COc1cc(/C=C2/C(C)=C(CC(=O)NCc3ccco3)c3cc(F)cnc32)cc(OC)c1O.COc1cc(/C=C2/C(C)=C(CC(=O)NCc3ccco3)c3nc(F)ccc32)cc(OC)c1O. The van der Waals surface area contributed by atoms with E-state index in [1.54, 1.807) is 85.3 Å². The zero-order valence-electron chi connectivity index (χ0n) is 59.0. The van der Waals surface area contributed by atoms with Gasteiger partial charge in [0.15, 0.2) is 34.5 Å².